The molecule has 1 aliphatic rings. The molecule has 2 unspecified atom stereocenters. The topological polar surface area (TPSA) is 119 Å². The normalized spacial score (nSPS) is 18.3. The summed E-state index contributed by atoms with van der Waals surface area (Å²) in [5, 5.41) is 12.9. The summed E-state index contributed by atoms with van der Waals surface area (Å²) in [4.78, 5) is 34.8. The summed E-state index contributed by atoms with van der Waals surface area (Å²) in [6.07, 6.45) is 0. The molecule has 0 bridgehead atoms. The first-order chi connectivity index (χ1) is 16.8. The summed E-state index contributed by atoms with van der Waals surface area (Å²) >= 11 is 0. The van der Waals surface area contributed by atoms with Crippen molar-refractivity contribution in [1.82, 2.24) is 0 Å². The van der Waals surface area contributed by atoms with E-state index in [-0.39, 0.29) is 52.0 Å². The Morgan fingerprint density at radius 1 is 0.946 bits per heavy atom. The van der Waals surface area contributed by atoms with Gasteiger partial charge in [0.15, 0.2) is 5.60 Å². The molecule has 1 aliphatic heterocycles. The smallest absolute Gasteiger partial charge is 0.872 e. The van der Waals surface area contributed by atoms with Gasteiger partial charge in [0.25, 0.3) is 0 Å². The summed E-state index contributed by atoms with van der Waals surface area (Å²) in [6, 6.07) is 13.0. The van der Waals surface area contributed by atoms with E-state index in [4.69, 9.17) is 9.26 Å². The third kappa shape index (κ3) is 5.18. The monoisotopic (exact) mass is 532 g/mol. The van der Waals surface area contributed by atoms with E-state index in [1.165, 1.54) is 12.1 Å². The van der Waals surface area contributed by atoms with Crippen molar-refractivity contribution >= 4 is 36.8 Å². The Bertz CT molecular complexity index is 1410. The number of hydrogen-bond donors (Lipinski definition) is 1. The molecule has 9 heteroatoms. The van der Waals surface area contributed by atoms with Crippen molar-refractivity contribution in [1.29, 1.82) is 0 Å². The molecule has 0 fully saturated rings. The summed E-state index contributed by atoms with van der Waals surface area (Å²) < 4.78 is 23.2. The molecule has 0 amide bonds. The molecule has 3 aromatic rings. The van der Waals surface area contributed by atoms with Crippen LogP contribution >= 0.6 is 7.82 Å². The predicted molar refractivity (Wildman–Crippen MR) is 138 cm³/mol. The number of carbonyl (C=O) groups excluding carboxylic acids is 1. The van der Waals surface area contributed by atoms with E-state index in [9.17, 15) is 24.3 Å². The second-order valence-electron chi connectivity index (χ2n) is 9.88. The van der Waals surface area contributed by atoms with E-state index in [1.807, 2.05) is 34.6 Å². The summed E-state index contributed by atoms with van der Waals surface area (Å²) in [6.45, 7) is 11.6. The number of carbonyl (C=O) groups is 1. The van der Waals surface area contributed by atoms with Crippen LogP contribution in [-0.2, 0) is 14.9 Å². The molecule has 3 aromatic carbocycles. The average Bonchev–Trinajstić information content (AvgIpc) is 3.07. The van der Waals surface area contributed by atoms with Crippen LogP contribution in [-0.4, -0.2) is 33.9 Å². The number of esters is 1. The van der Waals surface area contributed by atoms with Crippen molar-refractivity contribution in [2.75, 3.05) is 0 Å². The fraction of sp³-hybridized carbons (Fsp3) is 0.321. The zero-order chi connectivity index (χ0) is 26.6. The summed E-state index contributed by atoms with van der Waals surface area (Å²) in [7, 11) is -5.23. The number of benzene rings is 3. The Balaban J connectivity index is 0.00000380. The molecule has 37 heavy (non-hydrogen) atoms. The zero-order valence-corrected chi connectivity index (χ0v) is 24.1. The molecular formula is C28H29MgO7P. The van der Waals surface area contributed by atoms with Crippen molar-refractivity contribution in [3.8, 4) is 11.5 Å². The van der Waals surface area contributed by atoms with Crippen molar-refractivity contribution in [3.05, 3.63) is 93.0 Å². The second kappa shape index (κ2) is 10.4. The van der Waals surface area contributed by atoms with Gasteiger partial charge in [0, 0.05) is 16.7 Å². The standard InChI is InChI=1S/C28H31O7P.Mg/c1-15(2)21-14-25(26(11-17(21)5)35-36(31,32)33)28(23-10-8-7-9-20(23)27(30)34-28)24-13-19(29)12-22(16(3)4)18(24)6;/h7-16,29H,1-6H3,(H2,31,32,33);/q;+2/p-2. The van der Waals surface area contributed by atoms with Crippen LogP contribution in [0.15, 0.2) is 48.5 Å². The van der Waals surface area contributed by atoms with Crippen LogP contribution in [0, 0.1) is 13.8 Å². The molecule has 7 nitrogen and oxygen atoms in total. The van der Waals surface area contributed by atoms with Crippen LogP contribution in [0.25, 0.3) is 0 Å². The van der Waals surface area contributed by atoms with Crippen molar-refractivity contribution in [2.45, 2.75) is 59.0 Å². The molecule has 0 aliphatic carbocycles. The minimum Gasteiger partial charge on any atom is -0.872 e. The van der Waals surface area contributed by atoms with E-state index in [2.05, 4.69) is 0 Å². The molecule has 0 saturated heterocycles. The molecule has 0 spiro atoms. The predicted octanol–water partition coefficient (Wildman–Crippen LogP) is 4.54. The van der Waals surface area contributed by atoms with Crippen LogP contribution in [0.2, 0.25) is 0 Å². The van der Waals surface area contributed by atoms with Gasteiger partial charge in [-0.25, -0.2) is 4.79 Å². The molecule has 1 heterocycles. The third-order valence-electron chi connectivity index (χ3n) is 6.78. The maximum absolute atomic E-state index is 13.2. The number of phosphoric acid groups is 1. The molecule has 0 aromatic heterocycles. The Labute approximate surface area is 233 Å². The van der Waals surface area contributed by atoms with Gasteiger partial charge < -0.3 is 24.2 Å². The quantitative estimate of drug-likeness (QED) is 0.281. The van der Waals surface area contributed by atoms with Crippen molar-refractivity contribution < 1.29 is 33.5 Å². The zero-order valence-electron chi connectivity index (χ0n) is 21.8. The number of hydrogen-bond acceptors (Lipinski definition) is 6. The number of rotatable bonds is 6. The van der Waals surface area contributed by atoms with Crippen molar-refractivity contribution in [2.24, 2.45) is 0 Å². The van der Waals surface area contributed by atoms with Crippen LogP contribution < -0.4 is 14.5 Å². The van der Waals surface area contributed by atoms with Crippen LogP contribution in [0.1, 0.15) is 88.8 Å². The molecule has 0 radical (unpaired) electrons. The Morgan fingerprint density at radius 2 is 1.57 bits per heavy atom. The van der Waals surface area contributed by atoms with Gasteiger partial charge >= 0.3 is 36.8 Å². The molecule has 1 N–H and O–H groups in total. The number of cyclic esters (lactones) is 1. The Morgan fingerprint density at radius 3 is 2.16 bits per heavy atom. The van der Waals surface area contributed by atoms with Crippen LogP contribution in [0.3, 0.4) is 0 Å². The van der Waals surface area contributed by atoms with Gasteiger partial charge in [-0.15, -0.1) is 5.75 Å². The number of aryl methyl sites for hydroxylation is 1. The third-order valence-corrected chi connectivity index (χ3v) is 7.21. The van der Waals surface area contributed by atoms with E-state index in [0.717, 1.165) is 22.3 Å². The van der Waals surface area contributed by atoms with Gasteiger partial charge in [0.1, 0.15) is 5.75 Å². The molecular weight excluding hydrogens is 504 g/mol. The van der Waals surface area contributed by atoms with E-state index >= 15 is 0 Å². The first-order valence-corrected chi connectivity index (χ1v) is 13.3. The minimum atomic E-state index is -5.23. The Kier molecular flexibility index (Phi) is 8.23. The van der Waals surface area contributed by atoms with E-state index in [1.54, 1.807) is 43.3 Å². The molecule has 190 valence electrons. The van der Waals surface area contributed by atoms with E-state index in [0.29, 0.717) is 16.7 Å². The second-order valence-corrected chi connectivity index (χ2v) is 11.0. The Hall–Kier alpha value is -2.35. The van der Waals surface area contributed by atoms with Gasteiger partial charge in [0.2, 0.25) is 0 Å². The SMILES string of the molecule is Cc1cc(OP(=O)([O-])O)c(C2(c3cc([O-])cc(C(C)C)c3C)OC(=O)c3ccccc32)cc1C(C)C.[Mg+2]. The van der Waals surface area contributed by atoms with Crippen LogP contribution in [0.5, 0.6) is 11.5 Å². The van der Waals surface area contributed by atoms with Gasteiger partial charge in [-0.1, -0.05) is 58.0 Å². The fourth-order valence-electron chi connectivity index (χ4n) is 5.23. The minimum absolute atomic E-state index is 0. The van der Waals surface area contributed by atoms with Gasteiger partial charge in [-0.05, 0) is 66.1 Å². The molecule has 2 atom stereocenters. The van der Waals surface area contributed by atoms with Gasteiger partial charge in [-0.2, -0.15) is 0 Å². The van der Waals surface area contributed by atoms with E-state index < -0.39 is 19.4 Å². The molecule has 0 saturated carbocycles. The first kappa shape index (κ1) is 29.2. The van der Waals surface area contributed by atoms with Crippen molar-refractivity contribution in [3.63, 3.8) is 0 Å². The van der Waals surface area contributed by atoms with Gasteiger partial charge in [-0.3, -0.25) is 4.57 Å². The number of ether oxygens (including phenoxy) is 1. The average molecular weight is 533 g/mol. The van der Waals surface area contributed by atoms with Crippen LogP contribution in [0.4, 0.5) is 0 Å². The fourth-order valence-corrected chi connectivity index (χ4v) is 5.63. The summed E-state index contributed by atoms with van der Waals surface area (Å²) in [5.41, 5.74) is 2.84. The molecule has 4 rings (SSSR count). The maximum atomic E-state index is 13.2. The number of fused-ring (bicyclic) bond motifs is 1. The summed E-state index contributed by atoms with van der Waals surface area (Å²) in [5.74, 6) is -1.02. The first-order valence-electron chi connectivity index (χ1n) is 11.8. The largest absolute Gasteiger partial charge is 2.00 e. The van der Waals surface area contributed by atoms with Gasteiger partial charge in [0.05, 0.1) is 5.56 Å². The maximum Gasteiger partial charge on any atom is 2.00 e. The number of phosphoric ester groups is 1.